The van der Waals surface area contributed by atoms with Gasteiger partial charge in [0.2, 0.25) is 0 Å². The molecule has 0 saturated heterocycles. The molecule has 1 unspecified atom stereocenters. The van der Waals surface area contributed by atoms with Crippen molar-refractivity contribution in [1.82, 2.24) is 4.90 Å². The van der Waals surface area contributed by atoms with Gasteiger partial charge in [0, 0.05) is 17.5 Å². The summed E-state index contributed by atoms with van der Waals surface area (Å²) in [6, 6.07) is 20.7. The van der Waals surface area contributed by atoms with Gasteiger partial charge in [0.1, 0.15) is 11.8 Å². The fourth-order valence-electron chi connectivity index (χ4n) is 2.96. The number of nitrogens with zero attached hydrogens (tertiary/aromatic N) is 1. The van der Waals surface area contributed by atoms with Gasteiger partial charge in [0.25, 0.3) is 11.8 Å². The van der Waals surface area contributed by atoms with Crippen LogP contribution in [0.25, 0.3) is 0 Å². The largest absolute Gasteiger partial charge is 0.508 e. The molecule has 29 heavy (non-hydrogen) atoms. The summed E-state index contributed by atoms with van der Waals surface area (Å²) in [5.74, 6) is -2.64. The number of carboxylic acids is 1. The van der Waals surface area contributed by atoms with Crippen molar-refractivity contribution in [3.05, 3.63) is 102 Å². The number of rotatable bonds is 6. The van der Waals surface area contributed by atoms with Crippen molar-refractivity contribution < 1.29 is 24.6 Å². The second-order valence-electron chi connectivity index (χ2n) is 6.44. The van der Waals surface area contributed by atoms with E-state index in [1.807, 2.05) is 0 Å². The Labute approximate surface area is 167 Å². The Morgan fingerprint density at radius 1 is 0.724 bits per heavy atom. The van der Waals surface area contributed by atoms with Crippen molar-refractivity contribution in [2.45, 2.75) is 12.5 Å². The molecule has 2 amide bonds. The molecule has 0 heterocycles. The highest BCUT2D eigenvalue weighted by Crippen LogP contribution is 2.19. The van der Waals surface area contributed by atoms with E-state index in [1.54, 1.807) is 48.5 Å². The topological polar surface area (TPSA) is 94.9 Å². The number of benzene rings is 3. The summed E-state index contributed by atoms with van der Waals surface area (Å²) in [7, 11) is 0. The van der Waals surface area contributed by atoms with Crippen molar-refractivity contribution in [2.75, 3.05) is 0 Å². The minimum Gasteiger partial charge on any atom is -0.508 e. The Hall–Kier alpha value is -3.93. The number of carbonyl (C=O) groups is 3. The standard InChI is InChI=1S/C23H19NO5/c25-19-13-11-16(12-14-19)15-20(23(28)29)24(21(26)17-7-3-1-4-8-17)22(27)18-9-5-2-6-10-18/h1-14,20,25H,15H2,(H,28,29). The van der Waals surface area contributed by atoms with Gasteiger partial charge in [-0.1, -0.05) is 48.5 Å². The molecule has 0 radical (unpaired) electrons. The van der Waals surface area contributed by atoms with Crippen LogP contribution in [0.3, 0.4) is 0 Å². The summed E-state index contributed by atoms with van der Waals surface area (Å²) in [5, 5.41) is 19.3. The fourth-order valence-corrected chi connectivity index (χ4v) is 2.96. The number of aromatic hydroxyl groups is 1. The lowest BCUT2D eigenvalue weighted by atomic mass is 10.0. The predicted octanol–water partition coefficient (Wildman–Crippen LogP) is 3.37. The van der Waals surface area contributed by atoms with Crippen LogP contribution in [0.2, 0.25) is 0 Å². The third-order valence-corrected chi connectivity index (χ3v) is 4.44. The van der Waals surface area contributed by atoms with Crippen LogP contribution in [0.1, 0.15) is 26.3 Å². The van der Waals surface area contributed by atoms with Crippen molar-refractivity contribution >= 4 is 17.8 Å². The van der Waals surface area contributed by atoms with E-state index in [-0.39, 0.29) is 23.3 Å². The molecule has 3 aromatic carbocycles. The molecule has 3 rings (SSSR count). The molecule has 0 aromatic heterocycles. The molecule has 1 atom stereocenters. The van der Waals surface area contributed by atoms with Crippen LogP contribution in [0.5, 0.6) is 5.75 Å². The molecular weight excluding hydrogens is 370 g/mol. The number of hydrogen-bond donors (Lipinski definition) is 2. The van der Waals surface area contributed by atoms with Crippen molar-refractivity contribution in [1.29, 1.82) is 0 Å². The molecule has 0 bridgehead atoms. The smallest absolute Gasteiger partial charge is 0.327 e. The summed E-state index contributed by atoms with van der Waals surface area (Å²) in [6.07, 6.45) is -0.0905. The van der Waals surface area contributed by atoms with Crippen molar-refractivity contribution in [3.8, 4) is 5.75 Å². The van der Waals surface area contributed by atoms with Gasteiger partial charge < -0.3 is 10.2 Å². The zero-order chi connectivity index (χ0) is 20.8. The monoisotopic (exact) mass is 389 g/mol. The van der Waals surface area contributed by atoms with Crippen LogP contribution >= 0.6 is 0 Å². The summed E-state index contributed by atoms with van der Waals surface area (Å²) in [4.78, 5) is 39.2. The average Bonchev–Trinajstić information content (AvgIpc) is 2.75. The highest BCUT2D eigenvalue weighted by molar-refractivity contribution is 6.12. The Bertz CT molecular complexity index is 949. The summed E-state index contributed by atoms with van der Waals surface area (Å²) in [5.41, 5.74) is 1.00. The molecule has 0 fully saturated rings. The Morgan fingerprint density at radius 3 is 1.59 bits per heavy atom. The molecule has 0 saturated carbocycles. The predicted molar refractivity (Wildman–Crippen MR) is 107 cm³/mol. The van der Waals surface area contributed by atoms with Gasteiger partial charge in [0.05, 0.1) is 0 Å². The first kappa shape index (κ1) is 19.8. The van der Waals surface area contributed by atoms with E-state index in [2.05, 4.69) is 0 Å². The van der Waals surface area contributed by atoms with E-state index in [0.717, 1.165) is 4.90 Å². The van der Waals surface area contributed by atoms with E-state index in [4.69, 9.17) is 0 Å². The minimum absolute atomic E-state index is 0.0400. The molecule has 0 aliphatic carbocycles. The minimum atomic E-state index is -1.42. The first-order chi connectivity index (χ1) is 14.0. The van der Waals surface area contributed by atoms with Crippen LogP contribution in [-0.4, -0.2) is 38.9 Å². The average molecular weight is 389 g/mol. The van der Waals surface area contributed by atoms with Gasteiger partial charge >= 0.3 is 5.97 Å². The van der Waals surface area contributed by atoms with Gasteiger partial charge in [-0.25, -0.2) is 4.79 Å². The zero-order valence-corrected chi connectivity index (χ0v) is 15.4. The first-order valence-electron chi connectivity index (χ1n) is 8.96. The van der Waals surface area contributed by atoms with Crippen molar-refractivity contribution in [3.63, 3.8) is 0 Å². The molecule has 0 aliphatic heterocycles. The summed E-state index contributed by atoms with van der Waals surface area (Å²) >= 11 is 0. The lowest BCUT2D eigenvalue weighted by Crippen LogP contribution is -2.49. The van der Waals surface area contributed by atoms with Gasteiger partial charge in [-0.3, -0.25) is 14.5 Å². The molecule has 146 valence electrons. The lowest BCUT2D eigenvalue weighted by Gasteiger charge is -2.27. The quantitative estimate of drug-likeness (QED) is 0.631. The van der Waals surface area contributed by atoms with Gasteiger partial charge in [-0.2, -0.15) is 0 Å². The van der Waals surface area contributed by atoms with E-state index < -0.39 is 23.8 Å². The van der Waals surface area contributed by atoms with Gasteiger partial charge in [0.15, 0.2) is 0 Å². The maximum atomic E-state index is 13.2. The number of hydrogen-bond acceptors (Lipinski definition) is 4. The summed E-state index contributed by atoms with van der Waals surface area (Å²) < 4.78 is 0. The molecule has 0 spiro atoms. The first-order valence-corrected chi connectivity index (χ1v) is 8.96. The maximum Gasteiger partial charge on any atom is 0.327 e. The highest BCUT2D eigenvalue weighted by atomic mass is 16.4. The summed E-state index contributed by atoms with van der Waals surface area (Å²) in [6.45, 7) is 0. The zero-order valence-electron chi connectivity index (χ0n) is 15.4. The maximum absolute atomic E-state index is 13.2. The molecule has 3 aromatic rings. The SMILES string of the molecule is O=C(O)C(Cc1ccc(O)cc1)N(C(=O)c1ccccc1)C(=O)c1ccccc1. The number of amides is 2. The number of carbonyl (C=O) groups excluding carboxylic acids is 2. The Morgan fingerprint density at radius 2 is 1.17 bits per heavy atom. The second-order valence-corrected chi connectivity index (χ2v) is 6.44. The number of imide groups is 1. The van der Waals surface area contributed by atoms with Crippen LogP contribution in [-0.2, 0) is 11.2 Å². The number of carboxylic acid groups (broad SMARTS) is 1. The lowest BCUT2D eigenvalue weighted by molar-refractivity contribution is -0.141. The fraction of sp³-hybridized carbons (Fsp3) is 0.0870. The van der Waals surface area contributed by atoms with E-state index in [9.17, 15) is 24.6 Å². The number of phenolic OH excluding ortho intramolecular Hbond substituents is 1. The van der Waals surface area contributed by atoms with E-state index >= 15 is 0 Å². The van der Waals surface area contributed by atoms with E-state index in [1.165, 1.54) is 36.4 Å². The Kier molecular flexibility index (Phi) is 6.04. The third kappa shape index (κ3) is 4.68. The third-order valence-electron chi connectivity index (χ3n) is 4.44. The second kappa shape index (κ2) is 8.84. The number of aliphatic carboxylic acids is 1. The van der Waals surface area contributed by atoms with Crippen molar-refractivity contribution in [2.24, 2.45) is 0 Å². The van der Waals surface area contributed by atoms with E-state index in [0.29, 0.717) is 5.56 Å². The van der Waals surface area contributed by atoms with Gasteiger partial charge in [-0.15, -0.1) is 0 Å². The van der Waals surface area contributed by atoms with Crippen LogP contribution in [0, 0.1) is 0 Å². The van der Waals surface area contributed by atoms with Crippen LogP contribution in [0.4, 0.5) is 0 Å². The molecule has 6 heteroatoms. The molecular formula is C23H19NO5. The van der Waals surface area contributed by atoms with Crippen LogP contribution < -0.4 is 0 Å². The highest BCUT2D eigenvalue weighted by Gasteiger charge is 2.36. The normalized spacial score (nSPS) is 11.4. The molecule has 0 aliphatic rings. The molecule has 2 N–H and O–H groups in total. The van der Waals surface area contributed by atoms with Gasteiger partial charge in [-0.05, 0) is 42.0 Å². The number of phenols is 1. The Balaban J connectivity index is 2.03. The van der Waals surface area contributed by atoms with Crippen LogP contribution in [0.15, 0.2) is 84.9 Å². The molecule has 6 nitrogen and oxygen atoms in total.